The molecule has 0 saturated heterocycles. The molecule has 1 heterocycles. The van der Waals surface area contributed by atoms with Gasteiger partial charge in [-0.25, -0.2) is 4.39 Å². The average Bonchev–Trinajstić information content (AvgIpc) is 2.91. The topological polar surface area (TPSA) is 12.9 Å². The first kappa shape index (κ1) is 10.1. The zero-order valence-electron chi connectivity index (χ0n) is 8.35. The molecule has 1 aromatic rings. The van der Waals surface area contributed by atoms with E-state index in [0.717, 1.165) is 5.69 Å². The zero-order chi connectivity index (χ0) is 10.3. The van der Waals surface area contributed by atoms with E-state index in [-0.39, 0.29) is 11.7 Å². The van der Waals surface area contributed by atoms with Crippen molar-refractivity contribution in [2.24, 2.45) is 0 Å². The fraction of sp³-hybridized carbons (Fsp3) is 0.545. The Morgan fingerprint density at radius 2 is 2.14 bits per heavy atom. The highest BCUT2D eigenvalue weighted by Gasteiger charge is 2.27. The van der Waals surface area contributed by atoms with Crippen molar-refractivity contribution in [2.75, 3.05) is 0 Å². The minimum Gasteiger partial charge on any atom is -0.254 e. The molecule has 1 fully saturated rings. The van der Waals surface area contributed by atoms with Gasteiger partial charge in [0.05, 0.1) is 10.2 Å². The third kappa shape index (κ3) is 1.83. The third-order valence-electron chi connectivity index (χ3n) is 2.50. The van der Waals surface area contributed by atoms with Crippen molar-refractivity contribution in [3.8, 4) is 0 Å². The quantitative estimate of drug-likeness (QED) is 0.781. The number of aromatic nitrogens is 1. The van der Waals surface area contributed by atoms with Gasteiger partial charge in [0.25, 0.3) is 0 Å². The summed E-state index contributed by atoms with van der Waals surface area (Å²) in [5.74, 6) is 0.513. The largest absolute Gasteiger partial charge is 0.254 e. The predicted octanol–water partition coefficient (Wildman–Crippen LogP) is 3.98. The van der Waals surface area contributed by atoms with Gasteiger partial charge in [0.15, 0.2) is 5.82 Å². The minimum atomic E-state index is -0.204. The molecule has 0 aromatic carbocycles. The van der Waals surface area contributed by atoms with Crippen molar-refractivity contribution in [2.45, 2.75) is 38.5 Å². The van der Waals surface area contributed by atoms with E-state index < -0.39 is 0 Å². The van der Waals surface area contributed by atoms with Crippen LogP contribution in [0.15, 0.2) is 10.5 Å². The number of hydrogen-bond donors (Lipinski definition) is 0. The van der Waals surface area contributed by atoms with Crippen molar-refractivity contribution in [1.82, 2.24) is 4.98 Å². The number of nitrogens with zero attached hydrogens (tertiary/aromatic N) is 1. The molecule has 0 bridgehead atoms. The number of rotatable bonds is 2. The van der Waals surface area contributed by atoms with Crippen LogP contribution in [0.3, 0.4) is 0 Å². The molecule has 0 spiro atoms. The fourth-order valence-electron chi connectivity index (χ4n) is 1.51. The van der Waals surface area contributed by atoms with Crippen molar-refractivity contribution < 1.29 is 4.39 Å². The lowest BCUT2D eigenvalue weighted by Crippen LogP contribution is -2.01. The van der Waals surface area contributed by atoms with Crippen LogP contribution in [0.1, 0.15) is 49.9 Å². The molecule has 1 saturated carbocycles. The van der Waals surface area contributed by atoms with Gasteiger partial charge in [-0.1, -0.05) is 13.8 Å². The molecule has 14 heavy (non-hydrogen) atoms. The van der Waals surface area contributed by atoms with Crippen LogP contribution in [0.25, 0.3) is 0 Å². The maximum atomic E-state index is 13.6. The Morgan fingerprint density at radius 1 is 1.50 bits per heavy atom. The summed E-state index contributed by atoms with van der Waals surface area (Å²) in [7, 11) is 0. The molecular weight excluding hydrogens is 245 g/mol. The van der Waals surface area contributed by atoms with Crippen LogP contribution in [0.2, 0.25) is 0 Å². The first-order valence-corrected chi connectivity index (χ1v) is 5.74. The fourth-order valence-corrected chi connectivity index (χ4v) is 1.94. The predicted molar refractivity (Wildman–Crippen MR) is 58.0 cm³/mol. The molecule has 76 valence electrons. The van der Waals surface area contributed by atoms with Crippen LogP contribution in [0.5, 0.6) is 0 Å². The summed E-state index contributed by atoms with van der Waals surface area (Å²) in [6.45, 7) is 3.93. The van der Waals surface area contributed by atoms with Crippen molar-refractivity contribution in [3.63, 3.8) is 0 Å². The van der Waals surface area contributed by atoms with Crippen LogP contribution in [0, 0.1) is 5.82 Å². The van der Waals surface area contributed by atoms with Gasteiger partial charge in [0.1, 0.15) is 0 Å². The van der Waals surface area contributed by atoms with Gasteiger partial charge in [-0.2, -0.15) is 0 Å². The Kier molecular flexibility index (Phi) is 2.60. The summed E-state index contributed by atoms with van der Waals surface area (Å²) in [6.07, 6.45) is 2.39. The van der Waals surface area contributed by atoms with E-state index in [0.29, 0.717) is 16.1 Å². The summed E-state index contributed by atoms with van der Waals surface area (Å²) in [6, 6.07) is 1.82. The van der Waals surface area contributed by atoms with Gasteiger partial charge >= 0.3 is 0 Å². The number of halogens is 2. The van der Waals surface area contributed by atoms with E-state index in [1.165, 1.54) is 12.8 Å². The number of hydrogen-bond acceptors (Lipinski definition) is 1. The molecule has 1 aliphatic carbocycles. The molecule has 1 nitrogen and oxygen atoms in total. The molecule has 3 heteroatoms. The Hall–Kier alpha value is -0.440. The van der Waals surface area contributed by atoms with E-state index in [4.69, 9.17) is 0 Å². The second-order valence-electron chi connectivity index (χ2n) is 4.16. The summed E-state index contributed by atoms with van der Waals surface area (Å²) < 4.78 is 14.2. The van der Waals surface area contributed by atoms with Gasteiger partial charge in [-0.3, -0.25) is 4.98 Å². The standard InChI is InChI=1S/C11H13BrFN/c1-6(2)11-10(13)8(12)5-9(14-11)7-3-4-7/h5-7H,3-4H2,1-2H3. The summed E-state index contributed by atoms with van der Waals surface area (Å²) in [5.41, 5.74) is 1.63. The molecule has 1 aliphatic rings. The lowest BCUT2D eigenvalue weighted by atomic mass is 10.1. The molecule has 0 atom stereocenters. The highest BCUT2D eigenvalue weighted by Crippen LogP contribution is 2.40. The molecule has 1 aromatic heterocycles. The lowest BCUT2D eigenvalue weighted by Gasteiger charge is -2.09. The van der Waals surface area contributed by atoms with Gasteiger partial charge in [0.2, 0.25) is 0 Å². The minimum absolute atomic E-state index is 0.144. The van der Waals surface area contributed by atoms with Gasteiger partial charge in [-0.15, -0.1) is 0 Å². The third-order valence-corrected chi connectivity index (χ3v) is 3.08. The van der Waals surface area contributed by atoms with Crippen molar-refractivity contribution >= 4 is 15.9 Å². The normalized spacial score (nSPS) is 16.4. The molecule has 0 radical (unpaired) electrons. The van der Waals surface area contributed by atoms with Crippen LogP contribution in [-0.2, 0) is 0 Å². The van der Waals surface area contributed by atoms with Crippen LogP contribution >= 0.6 is 15.9 Å². The second-order valence-corrected chi connectivity index (χ2v) is 5.01. The first-order valence-electron chi connectivity index (χ1n) is 4.95. The van der Waals surface area contributed by atoms with Crippen molar-refractivity contribution in [3.05, 3.63) is 27.7 Å². The highest BCUT2D eigenvalue weighted by atomic mass is 79.9. The van der Waals surface area contributed by atoms with Crippen LogP contribution in [0.4, 0.5) is 4.39 Å². The molecular formula is C11H13BrFN. The van der Waals surface area contributed by atoms with E-state index in [1.807, 2.05) is 19.9 Å². The van der Waals surface area contributed by atoms with Gasteiger partial charge < -0.3 is 0 Å². The summed E-state index contributed by atoms with van der Waals surface area (Å²) in [5, 5.41) is 0. The molecule has 0 unspecified atom stereocenters. The molecule has 0 amide bonds. The summed E-state index contributed by atoms with van der Waals surface area (Å²) >= 11 is 3.25. The lowest BCUT2D eigenvalue weighted by molar-refractivity contribution is 0.574. The monoisotopic (exact) mass is 257 g/mol. The van der Waals surface area contributed by atoms with Crippen LogP contribution < -0.4 is 0 Å². The smallest absolute Gasteiger partial charge is 0.159 e. The summed E-state index contributed by atoms with van der Waals surface area (Å²) in [4.78, 5) is 4.39. The maximum Gasteiger partial charge on any atom is 0.159 e. The van der Waals surface area contributed by atoms with Gasteiger partial charge in [0, 0.05) is 11.6 Å². The van der Waals surface area contributed by atoms with E-state index in [1.54, 1.807) is 0 Å². The Balaban J connectivity index is 2.46. The highest BCUT2D eigenvalue weighted by molar-refractivity contribution is 9.10. The van der Waals surface area contributed by atoms with E-state index >= 15 is 0 Å². The van der Waals surface area contributed by atoms with Gasteiger partial charge in [-0.05, 0) is 40.8 Å². The maximum absolute atomic E-state index is 13.6. The number of pyridine rings is 1. The zero-order valence-corrected chi connectivity index (χ0v) is 9.94. The SMILES string of the molecule is CC(C)c1nc(C2CC2)cc(Br)c1F. The molecule has 0 N–H and O–H groups in total. The molecule has 0 aliphatic heterocycles. The first-order chi connectivity index (χ1) is 6.59. The van der Waals surface area contributed by atoms with Crippen molar-refractivity contribution in [1.29, 1.82) is 0 Å². The Labute approximate surface area is 91.9 Å². The average molecular weight is 258 g/mol. The van der Waals surface area contributed by atoms with E-state index in [9.17, 15) is 4.39 Å². The Bertz CT molecular complexity index is 359. The van der Waals surface area contributed by atoms with Crippen LogP contribution in [-0.4, -0.2) is 4.98 Å². The van der Waals surface area contributed by atoms with E-state index in [2.05, 4.69) is 20.9 Å². The second kappa shape index (κ2) is 3.61. The Morgan fingerprint density at radius 3 is 2.64 bits per heavy atom. The molecule has 2 rings (SSSR count).